The van der Waals surface area contributed by atoms with Crippen LogP contribution in [0.15, 0.2) is 47.4 Å². The van der Waals surface area contributed by atoms with E-state index in [0.29, 0.717) is 43.7 Å². The normalized spacial score (nSPS) is 18.5. The molecule has 0 radical (unpaired) electrons. The molecule has 4 rings (SSSR count). The summed E-state index contributed by atoms with van der Waals surface area (Å²) in [5.74, 6) is 0.245. The van der Waals surface area contributed by atoms with E-state index in [1.54, 1.807) is 4.90 Å². The largest absolute Gasteiger partial charge is 0.486 e. The monoisotopic (exact) mass is 448 g/mol. The van der Waals surface area contributed by atoms with Gasteiger partial charge >= 0.3 is 0 Å². The lowest BCUT2D eigenvalue weighted by atomic mass is 10.0. The number of carbonyl (C=O) groups excluding carboxylic acids is 1. The van der Waals surface area contributed by atoms with Gasteiger partial charge in [0.25, 0.3) is 10.0 Å². The number of fused-ring (bicyclic) bond motifs is 1. The third-order valence-electron chi connectivity index (χ3n) is 5.49. The number of nitrogens with zero attached hydrogens (tertiary/aromatic N) is 2. The fourth-order valence-electron chi connectivity index (χ4n) is 3.90. The van der Waals surface area contributed by atoms with Crippen LogP contribution < -0.4 is 13.8 Å². The Labute approximate surface area is 181 Å². The molecule has 2 heterocycles. The van der Waals surface area contributed by atoms with E-state index in [-0.39, 0.29) is 16.5 Å². The summed E-state index contributed by atoms with van der Waals surface area (Å²) in [6.07, 6.45) is 1.91. The molecule has 0 bridgehead atoms. The molecule has 7 nitrogen and oxygen atoms in total. The number of piperidine rings is 1. The van der Waals surface area contributed by atoms with Crippen molar-refractivity contribution in [3.63, 3.8) is 0 Å². The van der Waals surface area contributed by atoms with Crippen molar-refractivity contribution in [2.24, 2.45) is 5.92 Å². The molecule has 1 atom stereocenters. The van der Waals surface area contributed by atoms with Crippen LogP contribution in [0.1, 0.15) is 19.8 Å². The summed E-state index contributed by atoms with van der Waals surface area (Å²) in [6, 6.07) is 9.55. The quantitative estimate of drug-likeness (QED) is 0.703. The lowest BCUT2D eigenvalue weighted by Gasteiger charge is -2.33. The third-order valence-corrected chi connectivity index (χ3v) is 7.26. The van der Waals surface area contributed by atoms with Crippen LogP contribution in [-0.4, -0.2) is 52.1 Å². The predicted octanol–water partition coefficient (Wildman–Crippen LogP) is 3.05. The number of likely N-dealkylation sites (tertiary alicyclic amines) is 1. The topological polar surface area (TPSA) is 76.2 Å². The highest BCUT2D eigenvalue weighted by molar-refractivity contribution is 7.92. The molecule has 0 N–H and O–H groups in total. The van der Waals surface area contributed by atoms with E-state index in [1.165, 1.54) is 36.4 Å². The molecule has 9 heteroatoms. The fourth-order valence-corrected chi connectivity index (χ4v) is 5.32. The summed E-state index contributed by atoms with van der Waals surface area (Å²) in [5.41, 5.74) is 0.0910. The van der Waals surface area contributed by atoms with E-state index in [4.69, 9.17) is 9.47 Å². The van der Waals surface area contributed by atoms with Gasteiger partial charge in [0.15, 0.2) is 11.5 Å². The first-order valence-corrected chi connectivity index (χ1v) is 11.7. The van der Waals surface area contributed by atoms with Crippen LogP contribution in [0, 0.1) is 11.7 Å². The number of anilines is 1. The Bertz CT molecular complexity index is 1080. The highest BCUT2D eigenvalue weighted by Gasteiger charge is 2.31. The number of halogens is 1. The summed E-state index contributed by atoms with van der Waals surface area (Å²) >= 11 is 0. The average Bonchev–Trinajstić information content (AvgIpc) is 2.76. The molecule has 0 saturated carbocycles. The molecule has 1 unspecified atom stereocenters. The standard InChI is InChI=1S/C22H25FN2O5S/c1-16-4-3-9-24(14-16)22(26)15-25(18-6-2-5-17(23)12-18)31(27,28)19-7-8-20-21(13-19)30-11-10-29-20/h2,5-8,12-13,16H,3-4,9-11,14-15H2,1H3. The minimum atomic E-state index is -4.17. The van der Waals surface area contributed by atoms with Crippen molar-refractivity contribution in [1.29, 1.82) is 0 Å². The Balaban J connectivity index is 1.69. The van der Waals surface area contributed by atoms with Crippen LogP contribution >= 0.6 is 0 Å². The van der Waals surface area contributed by atoms with E-state index in [0.717, 1.165) is 23.2 Å². The second-order valence-electron chi connectivity index (χ2n) is 7.88. The SMILES string of the molecule is CC1CCCN(C(=O)CN(c2cccc(F)c2)S(=O)(=O)c2ccc3c(c2)OCCO3)C1. The van der Waals surface area contributed by atoms with Gasteiger partial charge in [0.2, 0.25) is 5.91 Å². The van der Waals surface area contributed by atoms with Gasteiger partial charge in [0.1, 0.15) is 25.6 Å². The highest BCUT2D eigenvalue weighted by atomic mass is 32.2. The third kappa shape index (κ3) is 4.61. The van der Waals surface area contributed by atoms with E-state index in [1.807, 2.05) is 0 Å². The molecule has 2 aromatic carbocycles. The number of carbonyl (C=O) groups is 1. The van der Waals surface area contributed by atoms with Gasteiger partial charge in [-0.05, 0) is 49.1 Å². The number of amides is 1. The first-order valence-electron chi connectivity index (χ1n) is 10.3. The van der Waals surface area contributed by atoms with Crippen molar-refractivity contribution in [3.8, 4) is 11.5 Å². The zero-order valence-corrected chi connectivity index (χ0v) is 18.1. The number of rotatable bonds is 5. The van der Waals surface area contributed by atoms with E-state index >= 15 is 0 Å². The van der Waals surface area contributed by atoms with Crippen molar-refractivity contribution in [1.82, 2.24) is 4.90 Å². The van der Waals surface area contributed by atoms with Crippen LogP contribution in [0.2, 0.25) is 0 Å². The lowest BCUT2D eigenvalue weighted by Crippen LogP contribution is -2.46. The summed E-state index contributed by atoms with van der Waals surface area (Å²) in [6.45, 7) is 3.53. The van der Waals surface area contributed by atoms with Crippen LogP contribution in [0.25, 0.3) is 0 Å². The zero-order valence-electron chi connectivity index (χ0n) is 17.3. The van der Waals surface area contributed by atoms with Gasteiger partial charge in [0.05, 0.1) is 10.6 Å². The smallest absolute Gasteiger partial charge is 0.264 e. The van der Waals surface area contributed by atoms with Gasteiger partial charge < -0.3 is 14.4 Å². The van der Waals surface area contributed by atoms with Gasteiger partial charge in [-0.2, -0.15) is 0 Å². The Morgan fingerprint density at radius 1 is 1.16 bits per heavy atom. The van der Waals surface area contributed by atoms with Crippen LogP contribution in [0.3, 0.4) is 0 Å². The number of hydrogen-bond acceptors (Lipinski definition) is 5. The second kappa shape index (κ2) is 8.74. The molecule has 0 aromatic heterocycles. The van der Waals surface area contributed by atoms with Gasteiger partial charge in [-0.15, -0.1) is 0 Å². The predicted molar refractivity (Wildman–Crippen MR) is 113 cm³/mol. The van der Waals surface area contributed by atoms with Crippen LogP contribution in [0.4, 0.5) is 10.1 Å². The highest BCUT2D eigenvalue weighted by Crippen LogP contribution is 2.34. The zero-order chi connectivity index (χ0) is 22.0. The lowest BCUT2D eigenvalue weighted by molar-refractivity contribution is -0.131. The molecule has 1 amide bonds. The first kappa shape index (κ1) is 21.4. The van der Waals surface area contributed by atoms with Crippen LogP contribution in [-0.2, 0) is 14.8 Å². The molecule has 2 aromatic rings. The summed E-state index contributed by atoms with van der Waals surface area (Å²) in [5, 5.41) is 0. The first-order chi connectivity index (χ1) is 14.8. The van der Waals surface area contributed by atoms with Gasteiger partial charge in [-0.3, -0.25) is 9.10 Å². The Morgan fingerprint density at radius 3 is 2.68 bits per heavy atom. The maximum absolute atomic E-state index is 13.9. The molecule has 0 aliphatic carbocycles. The van der Waals surface area contributed by atoms with Crippen molar-refractivity contribution < 1.29 is 27.1 Å². The molecule has 166 valence electrons. The molecule has 2 aliphatic heterocycles. The second-order valence-corrected chi connectivity index (χ2v) is 9.75. The van der Waals surface area contributed by atoms with Crippen molar-refractivity contribution >= 4 is 21.6 Å². The van der Waals surface area contributed by atoms with Crippen molar-refractivity contribution in [3.05, 3.63) is 48.3 Å². The molecule has 31 heavy (non-hydrogen) atoms. The van der Waals surface area contributed by atoms with Gasteiger partial charge in [-0.1, -0.05) is 13.0 Å². The molecular formula is C22H25FN2O5S. The van der Waals surface area contributed by atoms with Crippen molar-refractivity contribution in [2.45, 2.75) is 24.7 Å². The van der Waals surface area contributed by atoms with E-state index < -0.39 is 22.4 Å². The fraction of sp³-hybridized carbons (Fsp3) is 0.409. The van der Waals surface area contributed by atoms with E-state index in [2.05, 4.69) is 6.92 Å². The van der Waals surface area contributed by atoms with Gasteiger partial charge in [-0.25, -0.2) is 12.8 Å². The Kier molecular flexibility index (Phi) is 6.04. The maximum atomic E-state index is 13.9. The Hall–Kier alpha value is -2.81. The molecule has 1 fully saturated rings. The van der Waals surface area contributed by atoms with Crippen molar-refractivity contribution in [2.75, 3.05) is 37.2 Å². The minimum absolute atomic E-state index is 0.0548. The van der Waals surface area contributed by atoms with Crippen LogP contribution in [0.5, 0.6) is 11.5 Å². The number of benzene rings is 2. The molecule has 2 aliphatic rings. The minimum Gasteiger partial charge on any atom is -0.486 e. The average molecular weight is 449 g/mol. The van der Waals surface area contributed by atoms with E-state index in [9.17, 15) is 17.6 Å². The summed E-state index contributed by atoms with van der Waals surface area (Å²) in [4.78, 5) is 14.6. The summed E-state index contributed by atoms with van der Waals surface area (Å²) < 4.78 is 53.0. The molecule has 0 spiro atoms. The number of sulfonamides is 1. The number of ether oxygens (including phenoxy) is 2. The Morgan fingerprint density at radius 2 is 1.94 bits per heavy atom. The maximum Gasteiger partial charge on any atom is 0.264 e. The molecule has 1 saturated heterocycles. The molecular weight excluding hydrogens is 423 g/mol. The number of hydrogen-bond donors (Lipinski definition) is 0. The summed E-state index contributed by atoms with van der Waals surface area (Å²) in [7, 11) is -4.17. The van der Waals surface area contributed by atoms with Gasteiger partial charge in [0, 0.05) is 19.2 Å².